The predicted octanol–water partition coefficient (Wildman–Crippen LogP) is 2.99. The molecule has 0 bridgehead atoms. The topological polar surface area (TPSA) is 71.1 Å². The lowest BCUT2D eigenvalue weighted by molar-refractivity contribution is -0.120. The van der Waals surface area contributed by atoms with Gasteiger partial charge < -0.3 is 10.6 Å². The number of halogens is 1. The van der Waals surface area contributed by atoms with Gasteiger partial charge in [0.15, 0.2) is 0 Å². The smallest absolute Gasteiger partial charge is 0.255 e. The SMILES string of the molecule is CCC1Cc2cc(NC(=O)c3ccncc3)c(F)cc2NC1=O. The van der Waals surface area contributed by atoms with Crippen LogP contribution in [0.3, 0.4) is 0 Å². The summed E-state index contributed by atoms with van der Waals surface area (Å²) >= 11 is 0. The summed E-state index contributed by atoms with van der Waals surface area (Å²) in [6.45, 7) is 1.94. The molecule has 6 heteroatoms. The monoisotopic (exact) mass is 313 g/mol. The van der Waals surface area contributed by atoms with Crippen LogP contribution in [-0.4, -0.2) is 16.8 Å². The maximum atomic E-state index is 14.2. The minimum absolute atomic E-state index is 0.0898. The number of nitrogens with zero attached hydrogens (tertiary/aromatic N) is 1. The summed E-state index contributed by atoms with van der Waals surface area (Å²) in [6.07, 6.45) is 4.25. The van der Waals surface area contributed by atoms with Crippen LogP contribution in [-0.2, 0) is 11.2 Å². The highest BCUT2D eigenvalue weighted by atomic mass is 19.1. The summed E-state index contributed by atoms with van der Waals surface area (Å²) in [4.78, 5) is 27.8. The fourth-order valence-corrected chi connectivity index (χ4v) is 2.62. The van der Waals surface area contributed by atoms with Gasteiger partial charge in [-0.1, -0.05) is 6.92 Å². The fourth-order valence-electron chi connectivity index (χ4n) is 2.62. The maximum absolute atomic E-state index is 14.2. The molecule has 0 aliphatic carbocycles. The summed E-state index contributed by atoms with van der Waals surface area (Å²) in [5, 5.41) is 5.28. The molecule has 1 aromatic heterocycles. The standard InChI is InChI=1S/C17H16FN3O2/c1-2-10-7-12-8-15(13(18)9-14(12)20-16(10)22)21-17(23)11-3-5-19-6-4-11/h3-6,8-10H,2,7H2,1H3,(H,20,22)(H,21,23). The molecule has 1 atom stereocenters. The van der Waals surface area contributed by atoms with E-state index in [9.17, 15) is 14.0 Å². The Morgan fingerprint density at radius 2 is 2.13 bits per heavy atom. The Kier molecular flexibility index (Phi) is 4.06. The van der Waals surface area contributed by atoms with Crippen molar-refractivity contribution in [3.8, 4) is 0 Å². The Morgan fingerprint density at radius 1 is 1.39 bits per heavy atom. The lowest BCUT2D eigenvalue weighted by Gasteiger charge is -2.24. The van der Waals surface area contributed by atoms with Gasteiger partial charge in [0.1, 0.15) is 5.82 Å². The highest BCUT2D eigenvalue weighted by Gasteiger charge is 2.26. The number of hydrogen-bond acceptors (Lipinski definition) is 3. The van der Waals surface area contributed by atoms with Crippen molar-refractivity contribution in [1.29, 1.82) is 0 Å². The van der Waals surface area contributed by atoms with Crippen LogP contribution in [0, 0.1) is 11.7 Å². The average molecular weight is 313 g/mol. The van der Waals surface area contributed by atoms with Gasteiger partial charge in [0.2, 0.25) is 5.91 Å². The van der Waals surface area contributed by atoms with E-state index in [-0.39, 0.29) is 17.5 Å². The second-order valence-corrected chi connectivity index (χ2v) is 5.48. The maximum Gasteiger partial charge on any atom is 0.255 e. The van der Waals surface area contributed by atoms with E-state index in [1.165, 1.54) is 18.5 Å². The minimum Gasteiger partial charge on any atom is -0.325 e. The molecule has 2 aromatic rings. The summed E-state index contributed by atoms with van der Waals surface area (Å²) < 4.78 is 14.2. The van der Waals surface area contributed by atoms with Crippen LogP contribution in [0.5, 0.6) is 0 Å². The van der Waals surface area contributed by atoms with Crippen LogP contribution in [0.1, 0.15) is 29.3 Å². The van der Waals surface area contributed by atoms with E-state index < -0.39 is 11.7 Å². The number of aromatic nitrogens is 1. The number of carbonyl (C=O) groups excluding carboxylic acids is 2. The molecule has 0 saturated heterocycles. The average Bonchev–Trinajstić information content (AvgIpc) is 2.56. The van der Waals surface area contributed by atoms with Crippen molar-refractivity contribution in [2.24, 2.45) is 5.92 Å². The van der Waals surface area contributed by atoms with E-state index in [2.05, 4.69) is 15.6 Å². The van der Waals surface area contributed by atoms with E-state index in [0.29, 0.717) is 24.1 Å². The quantitative estimate of drug-likeness (QED) is 0.915. The Labute approximate surface area is 132 Å². The number of hydrogen-bond donors (Lipinski definition) is 2. The van der Waals surface area contributed by atoms with Crippen LogP contribution in [0.25, 0.3) is 0 Å². The van der Waals surface area contributed by atoms with Gasteiger partial charge in [-0.2, -0.15) is 0 Å². The summed E-state index contributed by atoms with van der Waals surface area (Å²) in [5.41, 5.74) is 1.80. The number of carbonyl (C=O) groups is 2. The highest BCUT2D eigenvalue weighted by molar-refractivity contribution is 6.04. The molecule has 0 saturated carbocycles. The minimum atomic E-state index is -0.582. The largest absolute Gasteiger partial charge is 0.325 e. The van der Waals surface area contributed by atoms with Crippen molar-refractivity contribution in [1.82, 2.24) is 4.98 Å². The third-order valence-electron chi connectivity index (χ3n) is 3.97. The molecule has 1 aromatic carbocycles. The number of nitrogens with one attached hydrogen (secondary N) is 2. The number of benzene rings is 1. The number of anilines is 2. The molecule has 118 valence electrons. The first kappa shape index (κ1) is 15.1. The molecule has 5 nitrogen and oxygen atoms in total. The van der Waals surface area contributed by atoms with Crippen molar-refractivity contribution < 1.29 is 14.0 Å². The molecule has 23 heavy (non-hydrogen) atoms. The van der Waals surface area contributed by atoms with Crippen LogP contribution >= 0.6 is 0 Å². The van der Waals surface area contributed by atoms with E-state index in [0.717, 1.165) is 5.56 Å². The zero-order valence-electron chi connectivity index (χ0n) is 12.6. The number of rotatable bonds is 3. The molecule has 2 amide bonds. The third kappa shape index (κ3) is 3.06. The zero-order chi connectivity index (χ0) is 16.4. The molecule has 0 spiro atoms. The van der Waals surface area contributed by atoms with Crippen LogP contribution in [0.2, 0.25) is 0 Å². The van der Waals surface area contributed by atoms with Crippen LogP contribution < -0.4 is 10.6 Å². The highest BCUT2D eigenvalue weighted by Crippen LogP contribution is 2.31. The lowest BCUT2D eigenvalue weighted by atomic mass is 9.91. The molecule has 3 rings (SSSR count). The molecule has 0 radical (unpaired) electrons. The summed E-state index contributed by atoms with van der Waals surface area (Å²) in [7, 11) is 0. The first-order chi connectivity index (χ1) is 11.1. The van der Waals surface area contributed by atoms with Gasteiger partial charge in [-0.3, -0.25) is 14.6 Å². The van der Waals surface area contributed by atoms with Crippen LogP contribution in [0.15, 0.2) is 36.7 Å². The second kappa shape index (κ2) is 6.16. The molecule has 2 N–H and O–H groups in total. The van der Waals surface area contributed by atoms with Crippen molar-refractivity contribution in [3.05, 3.63) is 53.6 Å². The van der Waals surface area contributed by atoms with Gasteiger partial charge in [0, 0.05) is 29.6 Å². The Morgan fingerprint density at radius 3 is 2.83 bits per heavy atom. The first-order valence-electron chi connectivity index (χ1n) is 7.43. The van der Waals surface area contributed by atoms with E-state index in [4.69, 9.17) is 0 Å². The Hall–Kier alpha value is -2.76. The molecule has 0 fully saturated rings. The van der Waals surface area contributed by atoms with Crippen molar-refractivity contribution in [2.45, 2.75) is 19.8 Å². The third-order valence-corrected chi connectivity index (χ3v) is 3.97. The van der Waals surface area contributed by atoms with Gasteiger partial charge in [-0.25, -0.2) is 4.39 Å². The van der Waals surface area contributed by atoms with E-state index >= 15 is 0 Å². The van der Waals surface area contributed by atoms with Gasteiger partial charge >= 0.3 is 0 Å². The number of amides is 2. The Bertz CT molecular complexity index is 762. The van der Waals surface area contributed by atoms with Crippen molar-refractivity contribution in [2.75, 3.05) is 10.6 Å². The fraction of sp³-hybridized carbons (Fsp3) is 0.235. The van der Waals surface area contributed by atoms with Gasteiger partial charge in [-0.05, 0) is 42.7 Å². The van der Waals surface area contributed by atoms with Gasteiger partial charge in [0.05, 0.1) is 5.69 Å². The molecule has 1 unspecified atom stereocenters. The second-order valence-electron chi connectivity index (χ2n) is 5.48. The number of pyridine rings is 1. The Balaban J connectivity index is 1.87. The van der Waals surface area contributed by atoms with E-state index in [1.54, 1.807) is 18.2 Å². The lowest BCUT2D eigenvalue weighted by Crippen LogP contribution is -2.29. The predicted molar refractivity (Wildman–Crippen MR) is 84.7 cm³/mol. The summed E-state index contributed by atoms with van der Waals surface area (Å²) in [5.74, 6) is -1.20. The normalized spacial score (nSPS) is 16.4. The molecule has 2 heterocycles. The van der Waals surface area contributed by atoms with Crippen molar-refractivity contribution in [3.63, 3.8) is 0 Å². The van der Waals surface area contributed by atoms with Gasteiger partial charge in [0.25, 0.3) is 5.91 Å². The van der Waals surface area contributed by atoms with Crippen LogP contribution in [0.4, 0.5) is 15.8 Å². The van der Waals surface area contributed by atoms with Crippen molar-refractivity contribution >= 4 is 23.2 Å². The summed E-state index contributed by atoms with van der Waals surface area (Å²) in [6, 6.07) is 5.95. The van der Waals surface area contributed by atoms with E-state index in [1.807, 2.05) is 6.92 Å². The molecule has 1 aliphatic heterocycles. The molecular formula is C17H16FN3O2. The van der Waals surface area contributed by atoms with Gasteiger partial charge in [-0.15, -0.1) is 0 Å². The number of fused-ring (bicyclic) bond motifs is 1. The molecule has 1 aliphatic rings. The zero-order valence-corrected chi connectivity index (χ0v) is 12.6. The first-order valence-corrected chi connectivity index (χ1v) is 7.43. The molecular weight excluding hydrogens is 297 g/mol.